The second-order valence-corrected chi connectivity index (χ2v) is 12.3. The van der Waals surface area contributed by atoms with E-state index in [1.165, 1.54) is 72.0 Å². The van der Waals surface area contributed by atoms with Gasteiger partial charge in [0.2, 0.25) is 0 Å². The van der Waals surface area contributed by atoms with Crippen LogP contribution in [0.4, 0.5) is 0 Å². The van der Waals surface area contributed by atoms with Crippen LogP contribution < -0.4 is 0 Å². The highest BCUT2D eigenvalue weighted by Crippen LogP contribution is 2.44. The maximum atomic E-state index is 2.32. The number of fused-ring (bicyclic) bond motifs is 4. The van der Waals surface area contributed by atoms with Gasteiger partial charge in [-0.25, -0.2) is 0 Å². The van der Waals surface area contributed by atoms with E-state index in [9.17, 15) is 0 Å². The van der Waals surface area contributed by atoms with E-state index in [-0.39, 0.29) is 0 Å². The minimum Gasteiger partial charge on any atom is -0.0683 e. The Bertz CT molecular complexity index is 1720. The molecule has 1 unspecified atom stereocenters. The number of benzene rings is 6. The Kier molecular flexibility index (Phi) is 14.7. The van der Waals surface area contributed by atoms with Crippen LogP contribution in [0.2, 0.25) is 0 Å². The predicted octanol–water partition coefficient (Wildman–Crippen LogP) is 13.7. The summed E-state index contributed by atoms with van der Waals surface area (Å²) in [6.45, 7) is 21.3. The van der Waals surface area contributed by atoms with Gasteiger partial charge >= 0.3 is 0 Å². The lowest BCUT2D eigenvalue weighted by Gasteiger charge is -2.06. The summed E-state index contributed by atoms with van der Waals surface area (Å²) in [6, 6.07) is 45.7. The molecule has 0 saturated carbocycles. The van der Waals surface area contributed by atoms with Gasteiger partial charge in [-0.1, -0.05) is 179 Å². The highest BCUT2D eigenvalue weighted by Gasteiger charge is 2.24. The zero-order valence-corrected chi connectivity index (χ0v) is 30.6. The molecule has 6 aromatic carbocycles. The molecule has 244 valence electrons. The zero-order chi connectivity index (χ0) is 34.3. The van der Waals surface area contributed by atoms with Crippen LogP contribution in [-0.4, -0.2) is 0 Å². The first kappa shape index (κ1) is 37.0. The zero-order valence-electron chi connectivity index (χ0n) is 30.6. The van der Waals surface area contributed by atoms with Gasteiger partial charge in [0, 0.05) is 5.92 Å². The molecule has 0 heterocycles. The fraction of sp³-hybridized carbons (Fsp3) is 0.277. The van der Waals surface area contributed by atoms with E-state index in [0.29, 0.717) is 5.92 Å². The van der Waals surface area contributed by atoms with Crippen LogP contribution in [0.5, 0.6) is 0 Å². The number of hydrogen-bond acceptors (Lipinski definition) is 0. The highest BCUT2D eigenvalue weighted by atomic mass is 14.3. The molecule has 0 heteroatoms. The monoisotopic (exact) mass is 620 g/mol. The van der Waals surface area contributed by atoms with Gasteiger partial charge in [-0.2, -0.15) is 0 Å². The average molecular weight is 621 g/mol. The van der Waals surface area contributed by atoms with Gasteiger partial charge in [-0.05, 0) is 103 Å². The van der Waals surface area contributed by atoms with Crippen LogP contribution in [0, 0.1) is 34.6 Å². The third kappa shape index (κ3) is 10.3. The molecule has 47 heavy (non-hydrogen) atoms. The van der Waals surface area contributed by atoms with Gasteiger partial charge in [-0.3, -0.25) is 0 Å². The van der Waals surface area contributed by atoms with Crippen LogP contribution in [0.1, 0.15) is 90.6 Å². The molecular weight excluding hydrogens is 565 g/mol. The molecule has 6 aromatic rings. The molecule has 0 fully saturated rings. The van der Waals surface area contributed by atoms with E-state index in [0.717, 1.165) is 12.8 Å². The minimum atomic E-state index is 0.552. The van der Waals surface area contributed by atoms with Crippen LogP contribution in [0.15, 0.2) is 127 Å². The molecule has 0 amide bonds. The lowest BCUT2D eigenvalue weighted by molar-refractivity contribution is 0.954. The van der Waals surface area contributed by atoms with Crippen LogP contribution in [0.3, 0.4) is 0 Å². The van der Waals surface area contributed by atoms with Crippen molar-refractivity contribution < 1.29 is 0 Å². The fourth-order valence-electron chi connectivity index (χ4n) is 5.84. The SMILES string of the molecule is CC.CCc1ccc(C)cc1.CCc1ccc(C)cc1.Cc1ccc2c(c1)C(C)c1ccccc1-2.Cc1cccc2c(C)cccc12. The summed E-state index contributed by atoms with van der Waals surface area (Å²) in [4.78, 5) is 0. The van der Waals surface area contributed by atoms with E-state index in [1.54, 1.807) is 0 Å². The largest absolute Gasteiger partial charge is 0.0683 e. The fourth-order valence-corrected chi connectivity index (χ4v) is 5.84. The molecule has 7 rings (SSSR count). The number of rotatable bonds is 2. The van der Waals surface area contributed by atoms with E-state index in [1.807, 2.05) is 13.8 Å². The first-order chi connectivity index (χ1) is 22.7. The summed E-state index contributed by atoms with van der Waals surface area (Å²) in [5.41, 5.74) is 15.4. The molecule has 0 aromatic heterocycles. The number of hydrogen-bond donors (Lipinski definition) is 0. The Morgan fingerprint density at radius 2 is 0.851 bits per heavy atom. The molecule has 0 spiro atoms. The first-order valence-electron chi connectivity index (χ1n) is 17.5. The molecule has 0 saturated heterocycles. The smallest absolute Gasteiger partial charge is 0.00734 e. The maximum Gasteiger partial charge on any atom is 0.00734 e. The van der Waals surface area contributed by atoms with Crippen LogP contribution in [-0.2, 0) is 12.8 Å². The normalized spacial score (nSPS) is 12.0. The molecule has 1 aliphatic rings. The molecule has 0 N–H and O–H groups in total. The third-order valence-corrected chi connectivity index (χ3v) is 8.81. The molecule has 0 aliphatic heterocycles. The summed E-state index contributed by atoms with van der Waals surface area (Å²) in [5.74, 6) is 0.552. The van der Waals surface area contributed by atoms with Gasteiger partial charge in [0.05, 0.1) is 0 Å². The molecule has 0 radical (unpaired) electrons. The summed E-state index contributed by atoms with van der Waals surface area (Å²) < 4.78 is 0. The van der Waals surface area contributed by atoms with Crippen molar-refractivity contribution in [3.8, 4) is 11.1 Å². The van der Waals surface area contributed by atoms with E-state index < -0.39 is 0 Å². The van der Waals surface area contributed by atoms with Crippen molar-refractivity contribution in [3.05, 3.63) is 177 Å². The molecule has 0 bridgehead atoms. The second kappa shape index (κ2) is 18.7. The Labute approximate surface area is 286 Å². The minimum absolute atomic E-state index is 0.552. The van der Waals surface area contributed by atoms with Gasteiger partial charge in [0.15, 0.2) is 0 Å². The van der Waals surface area contributed by atoms with Crippen molar-refractivity contribution in [2.75, 3.05) is 0 Å². The van der Waals surface area contributed by atoms with Crippen molar-refractivity contribution in [3.63, 3.8) is 0 Å². The quantitative estimate of drug-likeness (QED) is 0.181. The van der Waals surface area contributed by atoms with Crippen LogP contribution in [0.25, 0.3) is 21.9 Å². The second-order valence-electron chi connectivity index (χ2n) is 12.3. The Morgan fingerprint density at radius 1 is 0.426 bits per heavy atom. The first-order valence-corrected chi connectivity index (χ1v) is 17.5. The predicted molar refractivity (Wildman–Crippen MR) is 210 cm³/mol. The highest BCUT2D eigenvalue weighted by molar-refractivity contribution is 5.88. The molecule has 1 aliphatic carbocycles. The van der Waals surface area contributed by atoms with Crippen molar-refractivity contribution in [2.45, 2.75) is 88.0 Å². The Balaban J connectivity index is 0.000000171. The summed E-state index contributed by atoms with van der Waals surface area (Å²) in [7, 11) is 0. The van der Waals surface area contributed by atoms with Crippen molar-refractivity contribution in [1.29, 1.82) is 0 Å². The maximum absolute atomic E-state index is 2.32. The van der Waals surface area contributed by atoms with E-state index in [2.05, 4.69) is 183 Å². The van der Waals surface area contributed by atoms with Gasteiger partial charge in [-0.15, -0.1) is 0 Å². The van der Waals surface area contributed by atoms with E-state index >= 15 is 0 Å². The molecule has 0 nitrogen and oxygen atoms in total. The lowest BCUT2D eigenvalue weighted by atomic mass is 9.98. The Hall–Kier alpha value is -4.42. The standard InChI is InChI=1S/C15H14.C12H12.2C9H12.C2H6/c1-10-7-8-14-13-6-4-3-5-12(13)11(2)15(14)9-10;1-9-5-3-8-12-10(2)6-4-7-11(9)12;2*1-3-9-6-4-8(2)5-7-9;1-2/h3-9,11H,1-2H3;3-8H,1-2H3;2*4-7H,3H2,1-2H3;1-2H3. The van der Waals surface area contributed by atoms with Gasteiger partial charge < -0.3 is 0 Å². The average Bonchev–Trinajstić information content (AvgIpc) is 3.38. The van der Waals surface area contributed by atoms with E-state index in [4.69, 9.17) is 0 Å². The van der Waals surface area contributed by atoms with Crippen LogP contribution >= 0.6 is 0 Å². The van der Waals surface area contributed by atoms with Crippen molar-refractivity contribution >= 4 is 10.8 Å². The number of aryl methyl sites for hydroxylation is 7. The van der Waals surface area contributed by atoms with Crippen molar-refractivity contribution in [1.82, 2.24) is 0 Å². The van der Waals surface area contributed by atoms with Gasteiger partial charge in [0.25, 0.3) is 0 Å². The summed E-state index contributed by atoms with van der Waals surface area (Å²) >= 11 is 0. The molecular formula is C47H56. The lowest BCUT2D eigenvalue weighted by Crippen LogP contribution is -1.89. The summed E-state index contributed by atoms with van der Waals surface area (Å²) in [6.07, 6.45) is 2.28. The third-order valence-electron chi connectivity index (χ3n) is 8.81. The topological polar surface area (TPSA) is 0 Å². The summed E-state index contributed by atoms with van der Waals surface area (Å²) in [5, 5.41) is 2.75. The van der Waals surface area contributed by atoms with Gasteiger partial charge in [0.1, 0.15) is 0 Å². The molecule has 1 atom stereocenters. The van der Waals surface area contributed by atoms with Crippen molar-refractivity contribution in [2.24, 2.45) is 0 Å². The Morgan fingerprint density at radius 3 is 1.32 bits per heavy atom.